The zero-order valence-corrected chi connectivity index (χ0v) is 16.1. The minimum Gasteiger partial charge on any atom is -0.342 e. The number of thioether (sulfide) groups is 1. The minimum atomic E-state index is -0.432. The highest BCUT2D eigenvalue weighted by atomic mass is 32.2. The molecule has 0 radical (unpaired) electrons. The van der Waals surface area contributed by atoms with Crippen molar-refractivity contribution in [2.45, 2.75) is 81.0 Å². The number of hydrogen-bond acceptors (Lipinski definition) is 6. The molecule has 2 aliphatic heterocycles. The molecule has 2 saturated heterocycles. The fourth-order valence-corrected chi connectivity index (χ4v) is 6.17. The third kappa shape index (κ3) is 3.10. The topological polar surface area (TPSA) is 104 Å². The molecule has 3 heterocycles. The first-order valence-electron chi connectivity index (χ1n) is 9.50. The van der Waals surface area contributed by atoms with Gasteiger partial charge >= 0.3 is 0 Å². The van der Waals surface area contributed by atoms with E-state index in [0.29, 0.717) is 18.2 Å². The molecular weight excluding hydrogens is 352 g/mol. The van der Waals surface area contributed by atoms with Crippen molar-refractivity contribution >= 4 is 23.6 Å². The molecule has 142 valence electrons. The molecule has 3 fully saturated rings. The third-order valence-electron chi connectivity index (χ3n) is 5.83. The Labute approximate surface area is 157 Å². The van der Waals surface area contributed by atoms with Crippen molar-refractivity contribution in [3.63, 3.8) is 0 Å². The summed E-state index contributed by atoms with van der Waals surface area (Å²) in [6.07, 6.45) is 7.79. The van der Waals surface area contributed by atoms with Gasteiger partial charge < -0.3 is 10.2 Å². The SMILES string of the molecule is CC1(C)S[C@@H]2C(NC(=O)CC3CCCCCC3)C(=O)N2C1c1nnn[nH]1. The van der Waals surface area contributed by atoms with Crippen molar-refractivity contribution in [1.29, 1.82) is 0 Å². The summed E-state index contributed by atoms with van der Waals surface area (Å²) < 4.78 is -0.220. The Bertz CT molecular complexity index is 671. The number of hydrogen-bond donors (Lipinski definition) is 2. The standard InChI is InChI=1S/C17H26N6O2S/c1-17(2)13(14-19-21-22-20-14)23-15(25)12(16(23)26-17)18-11(24)9-10-7-5-3-4-6-8-10/h10,12-13,16H,3-9H2,1-2H3,(H,18,24)(H,19,20,21,22)/t12?,13?,16-/m1/s1. The molecule has 9 heteroatoms. The molecule has 3 atom stereocenters. The molecule has 1 aromatic rings. The summed E-state index contributed by atoms with van der Waals surface area (Å²) in [5.74, 6) is 1.04. The number of nitrogens with one attached hydrogen (secondary N) is 2. The number of carbonyl (C=O) groups is 2. The van der Waals surface area contributed by atoms with Crippen LogP contribution in [0.1, 0.15) is 70.7 Å². The van der Waals surface area contributed by atoms with Gasteiger partial charge in [0, 0.05) is 11.2 Å². The Balaban J connectivity index is 1.39. The smallest absolute Gasteiger partial charge is 0.249 e. The van der Waals surface area contributed by atoms with Crippen LogP contribution in [0.4, 0.5) is 0 Å². The quantitative estimate of drug-likeness (QED) is 0.611. The lowest BCUT2D eigenvalue weighted by Gasteiger charge is -2.44. The first-order chi connectivity index (χ1) is 12.5. The number of aromatic nitrogens is 4. The molecule has 2 unspecified atom stereocenters. The summed E-state index contributed by atoms with van der Waals surface area (Å²) in [4.78, 5) is 27.0. The normalized spacial score (nSPS) is 31.2. The van der Waals surface area contributed by atoms with Crippen LogP contribution in [0.5, 0.6) is 0 Å². The van der Waals surface area contributed by atoms with Gasteiger partial charge in [-0.25, -0.2) is 5.10 Å². The van der Waals surface area contributed by atoms with Crippen molar-refractivity contribution < 1.29 is 9.59 Å². The number of nitrogens with zero attached hydrogens (tertiary/aromatic N) is 4. The lowest BCUT2D eigenvalue weighted by atomic mass is 9.94. The van der Waals surface area contributed by atoms with Crippen LogP contribution in [-0.4, -0.2) is 53.5 Å². The maximum absolute atomic E-state index is 12.7. The molecule has 8 nitrogen and oxygen atoms in total. The van der Waals surface area contributed by atoms with Crippen molar-refractivity contribution in [3.8, 4) is 0 Å². The molecule has 0 bridgehead atoms. The average Bonchev–Trinajstić information content (AvgIpc) is 3.10. The number of fused-ring (bicyclic) bond motifs is 1. The Morgan fingerprint density at radius 2 is 2.04 bits per heavy atom. The average molecular weight is 379 g/mol. The minimum absolute atomic E-state index is 0.0121. The van der Waals surface area contributed by atoms with E-state index in [2.05, 4.69) is 39.8 Å². The van der Waals surface area contributed by atoms with Gasteiger partial charge in [0.15, 0.2) is 5.82 Å². The van der Waals surface area contributed by atoms with E-state index in [0.717, 1.165) is 12.8 Å². The number of carbonyl (C=O) groups excluding carboxylic acids is 2. The van der Waals surface area contributed by atoms with E-state index >= 15 is 0 Å². The van der Waals surface area contributed by atoms with E-state index in [1.54, 1.807) is 11.8 Å². The van der Waals surface area contributed by atoms with E-state index in [1.807, 2.05) is 4.90 Å². The fraction of sp³-hybridized carbons (Fsp3) is 0.824. The van der Waals surface area contributed by atoms with Crippen LogP contribution in [-0.2, 0) is 9.59 Å². The Morgan fingerprint density at radius 3 is 2.69 bits per heavy atom. The molecule has 2 N–H and O–H groups in total. The summed E-state index contributed by atoms with van der Waals surface area (Å²) in [6.45, 7) is 4.17. The number of amides is 2. The molecule has 1 aromatic heterocycles. The second kappa shape index (κ2) is 6.83. The fourth-order valence-electron chi connectivity index (χ4n) is 4.53. The van der Waals surface area contributed by atoms with Crippen LogP contribution < -0.4 is 5.32 Å². The lowest BCUT2D eigenvalue weighted by Crippen LogP contribution is -2.68. The number of aromatic amines is 1. The van der Waals surface area contributed by atoms with Crippen LogP contribution in [0.2, 0.25) is 0 Å². The summed E-state index contributed by atoms with van der Waals surface area (Å²) in [6, 6.07) is -0.631. The van der Waals surface area contributed by atoms with Crippen LogP contribution in [0.25, 0.3) is 0 Å². The number of β-lactam (4-membered cyclic amide) rings is 1. The van der Waals surface area contributed by atoms with Crippen molar-refractivity contribution in [1.82, 2.24) is 30.8 Å². The van der Waals surface area contributed by atoms with Crippen molar-refractivity contribution in [3.05, 3.63) is 5.82 Å². The monoisotopic (exact) mass is 378 g/mol. The van der Waals surface area contributed by atoms with Gasteiger partial charge in [-0.2, -0.15) is 0 Å². The van der Waals surface area contributed by atoms with Gasteiger partial charge in [0.1, 0.15) is 17.5 Å². The summed E-state index contributed by atoms with van der Waals surface area (Å²) >= 11 is 1.70. The molecule has 0 spiro atoms. The third-order valence-corrected chi connectivity index (χ3v) is 7.40. The molecule has 4 rings (SSSR count). The maximum atomic E-state index is 12.7. The predicted octanol–water partition coefficient (Wildman–Crippen LogP) is 1.78. The van der Waals surface area contributed by atoms with E-state index in [9.17, 15) is 9.59 Å². The molecule has 1 saturated carbocycles. The predicted molar refractivity (Wildman–Crippen MR) is 97.0 cm³/mol. The van der Waals surface area contributed by atoms with Crippen LogP contribution in [0.15, 0.2) is 0 Å². The summed E-state index contributed by atoms with van der Waals surface area (Å²) in [7, 11) is 0. The first-order valence-corrected chi connectivity index (χ1v) is 10.4. The van der Waals surface area contributed by atoms with Crippen molar-refractivity contribution in [2.75, 3.05) is 0 Å². The van der Waals surface area contributed by atoms with Crippen molar-refractivity contribution in [2.24, 2.45) is 5.92 Å². The highest BCUT2D eigenvalue weighted by Gasteiger charge is 2.63. The van der Waals surface area contributed by atoms with Crippen LogP contribution in [0, 0.1) is 5.92 Å². The van der Waals surface area contributed by atoms with E-state index in [-0.39, 0.29) is 28.0 Å². The van der Waals surface area contributed by atoms with E-state index in [4.69, 9.17) is 0 Å². The second-order valence-corrected chi connectivity index (χ2v) is 9.92. The molecule has 1 aliphatic carbocycles. The number of rotatable bonds is 4. The highest BCUT2D eigenvalue weighted by Crippen LogP contribution is 2.56. The van der Waals surface area contributed by atoms with Gasteiger partial charge in [-0.1, -0.05) is 25.7 Å². The van der Waals surface area contributed by atoms with Gasteiger partial charge in [0.2, 0.25) is 11.8 Å². The maximum Gasteiger partial charge on any atom is 0.249 e. The highest BCUT2D eigenvalue weighted by molar-refractivity contribution is 8.01. The zero-order valence-electron chi connectivity index (χ0n) is 15.3. The first kappa shape index (κ1) is 17.8. The molecule has 3 aliphatic rings. The number of tetrazole rings is 1. The summed E-state index contributed by atoms with van der Waals surface area (Å²) in [5, 5.41) is 17.0. The largest absolute Gasteiger partial charge is 0.342 e. The summed E-state index contributed by atoms with van der Waals surface area (Å²) in [5.41, 5.74) is 0. The van der Waals surface area contributed by atoms with E-state index in [1.165, 1.54) is 25.7 Å². The zero-order chi connectivity index (χ0) is 18.3. The van der Waals surface area contributed by atoms with Crippen LogP contribution >= 0.6 is 11.8 Å². The van der Waals surface area contributed by atoms with Gasteiger partial charge in [0.25, 0.3) is 0 Å². The van der Waals surface area contributed by atoms with Gasteiger partial charge in [-0.15, -0.1) is 16.9 Å². The lowest BCUT2D eigenvalue weighted by molar-refractivity contribution is -0.152. The van der Waals surface area contributed by atoms with Gasteiger partial charge in [-0.3, -0.25) is 9.59 Å². The Morgan fingerprint density at radius 1 is 1.31 bits per heavy atom. The number of H-pyrrole nitrogens is 1. The Kier molecular flexibility index (Phi) is 4.66. The van der Waals surface area contributed by atoms with Gasteiger partial charge in [-0.05, 0) is 43.0 Å². The molecule has 0 aromatic carbocycles. The Hall–Kier alpha value is -1.64. The van der Waals surface area contributed by atoms with Crippen LogP contribution in [0.3, 0.4) is 0 Å². The van der Waals surface area contributed by atoms with Gasteiger partial charge in [0.05, 0.1) is 0 Å². The second-order valence-electron chi connectivity index (χ2n) is 8.15. The molecule has 26 heavy (non-hydrogen) atoms. The molecular formula is C17H26N6O2S. The van der Waals surface area contributed by atoms with E-state index < -0.39 is 6.04 Å². The molecule has 2 amide bonds.